The standard InChI is InChI=1S/C15H13F15O2.C15H16F12O2.C14H13F13O2.C14H14F12O2/c1-6(11(16,17)18)8(31)32-7(4-9(2,12(19,20)21)13(22,23)24)5-10(3,14(25,26)27)15(28,29)30;1-7(2)9(28)29-8(5-10(3,12(16,17)18)13(19,20)21)6-11(4,14(22,23)24)15(25,26)27;1-6(15)8(28)29-7(4-9(2,11(16,17)18)12(19,20)21)5-10(3,13(22,23)24)14(25,26)27;1-4-8(27)28-7(5-9(2,11(15,16)17)12(18,19)20)6-10(3,13(21,22)23)14(24,25)26/h7H,1,4-5H2,2-3H3;8H,1,5-6H2,2-4H3;7H,1,4-5H2,2-3H3;4,7H,1,5-6H2,2-3H3. The first-order chi connectivity index (χ1) is 50.5. The average Bonchev–Trinajstić information content (AvgIpc) is 0.758. The van der Waals surface area contributed by atoms with Crippen molar-refractivity contribution in [1.29, 1.82) is 0 Å². The Kier molecular flexibility index (Phi) is 36.6. The minimum atomic E-state index is -6.36. The monoisotopic (exact) mass is 1870 g/mol. The molecular formula is C58H56F52O8. The van der Waals surface area contributed by atoms with Gasteiger partial charge in [-0.1, -0.05) is 26.3 Å². The van der Waals surface area contributed by atoms with E-state index >= 15 is 0 Å². The summed E-state index contributed by atoms with van der Waals surface area (Å²) in [6.45, 7) is 6.63. The fourth-order valence-corrected chi connectivity index (χ4v) is 8.42. The number of rotatable bonds is 24. The quantitative estimate of drug-likeness (QED) is 0.0407. The lowest BCUT2D eigenvalue weighted by Gasteiger charge is -2.40. The molecule has 0 aliphatic carbocycles. The van der Waals surface area contributed by atoms with Crippen LogP contribution in [0.1, 0.15) is 114 Å². The van der Waals surface area contributed by atoms with Gasteiger partial charge in [-0.3, -0.25) is 0 Å². The molecular weight excluding hydrogens is 1810 g/mol. The molecule has 118 heavy (non-hydrogen) atoms. The van der Waals surface area contributed by atoms with Crippen LogP contribution in [0, 0.1) is 43.3 Å². The van der Waals surface area contributed by atoms with Crippen LogP contribution in [0.25, 0.3) is 0 Å². The SMILES string of the molecule is C=C(C(=O)OC(CC(C)(C(F)(F)F)C(F)(F)F)CC(C)(C(F)(F)F)C(F)(F)F)C(F)(F)F.C=C(C)C(=O)OC(CC(C)(C(F)(F)F)C(F)(F)F)CC(C)(C(F)(F)F)C(F)(F)F.C=C(F)C(=O)OC(CC(C)(C(F)(F)F)C(F)(F)F)CC(C)(C(F)(F)F)C(F)(F)F.C=CC(=O)OC(CC(C)(C(F)(F)F)C(F)(F)F)CC(C)(C(F)(F)F)C(F)(F)F. The smallest absolute Gasteiger partial charge is 0.422 e. The molecule has 0 fully saturated rings. The average molecular weight is 1870 g/mol. The molecule has 0 rings (SSSR count). The topological polar surface area (TPSA) is 105 Å². The van der Waals surface area contributed by atoms with Crippen LogP contribution in [0.4, 0.5) is 228 Å². The van der Waals surface area contributed by atoms with Crippen molar-refractivity contribution >= 4 is 23.9 Å². The fourth-order valence-electron chi connectivity index (χ4n) is 8.42. The molecule has 0 N–H and O–H groups in total. The number of hydrogen-bond acceptors (Lipinski definition) is 8. The van der Waals surface area contributed by atoms with Crippen molar-refractivity contribution in [3.8, 4) is 0 Å². The van der Waals surface area contributed by atoms with Gasteiger partial charge in [0, 0.05) is 63.0 Å². The second-order valence-electron chi connectivity index (χ2n) is 26.8. The van der Waals surface area contributed by atoms with Gasteiger partial charge in [0.15, 0.2) is 43.3 Å². The normalized spacial score (nSPS) is 15.0. The summed E-state index contributed by atoms with van der Waals surface area (Å²) in [5, 5.41) is 0. The predicted octanol–water partition coefficient (Wildman–Crippen LogP) is 26.1. The highest BCUT2D eigenvalue weighted by Gasteiger charge is 2.77. The third-order valence-electron chi connectivity index (χ3n) is 17.5. The maximum absolute atomic E-state index is 13.0. The van der Waals surface area contributed by atoms with E-state index in [1.165, 1.54) is 0 Å². The Morgan fingerprint density at radius 2 is 0.373 bits per heavy atom. The summed E-state index contributed by atoms with van der Waals surface area (Å²) in [4.78, 5) is 45.1. The summed E-state index contributed by atoms with van der Waals surface area (Å²) >= 11 is 0. The molecule has 0 aliphatic heterocycles. The first-order valence-electron chi connectivity index (χ1n) is 29.8. The maximum Gasteiger partial charge on any atom is 0.422 e. The molecule has 0 heterocycles. The molecule has 0 aliphatic rings. The lowest BCUT2D eigenvalue weighted by molar-refractivity contribution is -0.354. The summed E-state index contributed by atoms with van der Waals surface area (Å²) in [5.74, 6) is -10.9. The Bertz CT molecular complexity index is 2970. The van der Waals surface area contributed by atoms with Crippen molar-refractivity contribution in [1.82, 2.24) is 0 Å². The van der Waals surface area contributed by atoms with E-state index in [1.54, 1.807) is 0 Å². The zero-order valence-electron chi connectivity index (χ0n) is 59.3. The van der Waals surface area contributed by atoms with Gasteiger partial charge < -0.3 is 18.9 Å². The first-order valence-corrected chi connectivity index (χ1v) is 29.8. The van der Waals surface area contributed by atoms with Crippen LogP contribution in [0.3, 0.4) is 0 Å². The van der Waals surface area contributed by atoms with Crippen molar-refractivity contribution in [2.75, 3.05) is 0 Å². The number of alkyl halides is 51. The van der Waals surface area contributed by atoms with Gasteiger partial charge in [0.2, 0.25) is 5.83 Å². The zero-order valence-corrected chi connectivity index (χ0v) is 59.3. The van der Waals surface area contributed by atoms with E-state index in [-0.39, 0.29) is 6.08 Å². The molecule has 60 heteroatoms. The minimum Gasteiger partial charge on any atom is -0.459 e. The van der Waals surface area contributed by atoms with Crippen LogP contribution in [0.5, 0.6) is 0 Å². The van der Waals surface area contributed by atoms with Gasteiger partial charge in [-0.15, -0.1) is 0 Å². The van der Waals surface area contributed by atoms with Gasteiger partial charge in [-0.05, 0) is 62.3 Å². The molecule has 0 bridgehead atoms. The molecule has 0 aromatic rings. The number of esters is 4. The van der Waals surface area contributed by atoms with Crippen molar-refractivity contribution in [2.45, 2.75) is 243 Å². The van der Waals surface area contributed by atoms with Crippen molar-refractivity contribution in [2.24, 2.45) is 43.3 Å². The number of halogens is 52. The molecule has 0 spiro atoms. The Labute approximate surface area is 626 Å². The lowest BCUT2D eigenvalue weighted by Crippen LogP contribution is -2.53. The highest BCUT2D eigenvalue weighted by atomic mass is 19.5. The Morgan fingerprint density at radius 3 is 0.483 bits per heavy atom. The van der Waals surface area contributed by atoms with Crippen LogP contribution in [0.15, 0.2) is 49.4 Å². The number of ether oxygens (including phenoxy) is 4. The summed E-state index contributed by atoms with van der Waals surface area (Å²) < 4.78 is 690. The predicted molar refractivity (Wildman–Crippen MR) is 289 cm³/mol. The summed E-state index contributed by atoms with van der Waals surface area (Å²) in [6.07, 6.45) is -138. The van der Waals surface area contributed by atoms with Gasteiger partial charge in [-0.25, -0.2) is 19.2 Å². The van der Waals surface area contributed by atoms with Crippen LogP contribution in [-0.4, -0.2) is 153 Å². The van der Waals surface area contributed by atoms with Crippen LogP contribution >= 0.6 is 0 Å². The molecule has 0 saturated heterocycles. The van der Waals surface area contributed by atoms with Gasteiger partial charge in [0.25, 0.3) is 0 Å². The van der Waals surface area contributed by atoms with Gasteiger partial charge in [-0.2, -0.15) is 228 Å². The number of carbonyl (C=O) groups excluding carboxylic acids is 4. The number of carbonyl (C=O) groups is 4. The van der Waals surface area contributed by atoms with Crippen molar-refractivity contribution < 1.29 is 266 Å². The van der Waals surface area contributed by atoms with Gasteiger partial charge in [0.05, 0.1) is 0 Å². The minimum absolute atomic E-state index is 0.171. The maximum atomic E-state index is 13.0. The Morgan fingerprint density at radius 1 is 0.246 bits per heavy atom. The van der Waals surface area contributed by atoms with E-state index in [4.69, 9.17) is 0 Å². The molecule has 0 aromatic carbocycles. The van der Waals surface area contributed by atoms with E-state index in [0.29, 0.717) is 0 Å². The molecule has 700 valence electrons. The van der Waals surface area contributed by atoms with E-state index < -0.39 is 320 Å². The van der Waals surface area contributed by atoms with Crippen molar-refractivity contribution in [3.63, 3.8) is 0 Å². The second-order valence-corrected chi connectivity index (χ2v) is 26.8. The van der Waals surface area contributed by atoms with E-state index in [0.717, 1.165) is 6.92 Å². The molecule has 8 nitrogen and oxygen atoms in total. The Balaban J connectivity index is -0.000000735. The van der Waals surface area contributed by atoms with Crippen LogP contribution in [0.2, 0.25) is 0 Å². The molecule has 0 aromatic heterocycles. The van der Waals surface area contributed by atoms with Crippen molar-refractivity contribution in [3.05, 3.63) is 49.4 Å². The van der Waals surface area contributed by atoms with E-state index in [1.807, 2.05) is 0 Å². The molecule has 0 atom stereocenters. The first kappa shape index (κ1) is 118. The summed E-state index contributed by atoms with van der Waals surface area (Å²) in [5.41, 5.74) is -42.1. The highest BCUT2D eigenvalue weighted by Crippen LogP contribution is 2.64. The van der Waals surface area contributed by atoms with E-state index in [2.05, 4.69) is 45.3 Å². The largest absolute Gasteiger partial charge is 0.459 e. The third kappa shape index (κ3) is 28.1. The molecule has 0 amide bonds. The summed E-state index contributed by atoms with van der Waals surface area (Å²) in [6, 6.07) is 0. The zero-order chi connectivity index (χ0) is 97.0. The Hall–Kier alpha value is -6.80. The third-order valence-corrected chi connectivity index (χ3v) is 17.5. The fraction of sp³-hybridized carbons (Fsp3) is 0.793. The summed E-state index contributed by atoms with van der Waals surface area (Å²) in [7, 11) is 0. The molecule has 0 unspecified atom stereocenters. The van der Waals surface area contributed by atoms with Crippen LogP contribution in [-0.2, 0) is 38.1 Å². The lowest BCUT2D eigenvalue weighted by atomic mass is 9.76. The molecule has 0 saturated carbocycles. The van der Waals surface area contributed by atoms with Gasteiger partial charge in [0.1, 0.15) is 30.0 Å². The van der Waals surface area contributed by atoms with Gasteiger partial charge >= 0.3 is 129 Å². The second kappa shape index (κ2) is 36.7. The van der Waals surface area contributed by atoms with Crippen LogP contribution < -0.4 is 0 Å². The molecule has 0 radical (unpaired) electrons. The van der Waals surface area contributed by atoms with E-state index in [9.17, 15) is 247 Å². The number of hydrogen-bond donors (Lipinski definition) is 0. The highest BCUT2D eigenvalue weighted by molar-refractivity contribution is 5.89.